The lowest BCUT2D eigenvalue weighted by molar-refractivity contribution is -0.169. The molecule has 0 spiro atoms. The number of amides is 1. The number of rotatable bonds is 12. The maximum atomic E-state index is 13.7. The Bertz CT molecular complexity index is 1240. The lowest BCUT2D eigenvalue weighted by atomic mass is 9.77. The lowest BCUT2D eigenvalue weighted by Crippen LogP contribution is -2.71. The van der Waals surface area contributed by atoms with Gasteiger partial charge in [0.15, 0.2) is 28.6 Å². The fourth-order valence-electron chi connectivity index (χ4n) is 4.80. The van der Waals surface area contributed by atoms with Crippen molar-refractivity contribution in [1.82, 2.24) is 0 Å². The van der Waals surface area contributed by atoms with Crippen LogP contribution in [0.5, 0.6) is 28.7 Å². The van der Waals surface area contributed by atoms with Gasteiger partial charge < -0.3 is 33.2 Å². The molecule has 38 heavy (non-hydrogen) atoms. The number of methoxy groups -OCH3 is 6. The zero-order valence-electron chi connectivity index (χ0n) is 22.5. The van der Waals surface area contributed by atoms with Crippen LogP contribution in [0.25, 0.3) is 0 Å². The summed E-state index contributed by atoms with van der Waals surface area (Å²) in [6, 6.07) is 18.3. The van der Waals surface area contributed by atoms with Crippen LogP contribution >= 0.6 is 0 Å². The number of nitrogens with zero attached hydrogens (tertiary/aromatic N) is 1. The first-order chi connectivity index (χ1) is 18.5. The summed E-state index contributed by atoms with van der Waals surface area (Å²) in [6.45, 7) is 0.411. The van der Waals surface area contributed by atoms with Crippen LogP contribution in [0.4, 0.5) is 5.69 Å². The largest absolute Gasteiger partial charge is 0.493 e. The van der Waals surface area contributed by atoms with Gasteiger partial charge in [0.2, 0.25) is 5.75 Å². The van der Waals surface area contributed by atoms with Gasteiger partial charge in [-0.1, -0.05) is 36.4 Å². The summed E-state index contributed by atoms with van der Waals surface area (Å²) < 4.78 is 39.5. The van der Waals surface area contributed by atoms with Gasteiger partial charge in [0.25, 0.3) is 5.91 Å². The smallest absolute Gasteiger partial charge is 0.264 e. The van der Waals surface area contributed by atoms with Gasteiger partial charge in [-0.25, -0.2) is 0 Å². The first-order valence-electron chi connectivity index (χ1n) is 12.0. The first-order valence-corrected chi connectivity index (χ1v) is 12.0. The van der Waals surface area contributed by atoms with Gasteiger partial charge >= 0.3 is 0 Å². The molecule has 0 unspecified atom stereocenters. The third-order valence-corrected chi connectivity index (χ3v) is 6.67. The molecule has 202 valence electrons. The molecule has 1 heterocycles. The van der Waals surface area contributed by atoms with Crippen molar-refractivity contribution in [2.45, 2.75) is 18.2 Å². The van der Waals surface area contributed by atoms with E-state index in [0.29, 0.717) is 41.0 Å². The van der Waals surface area contributed by atoms with Crippen molar-refractivity contribution in [2.24, 2.45) is 0 Å². The zero-order chi connectivity index (χ0) is 27.3. The summed E-state index contributed by atoms with van der Waals surface area (Å²) in [5.41, 5.74) is 1.10. The first kappa shape index (κ1) is 27.1. The van der Waals surface area contributed by atoms with E-state index in [-0.39, 0.29) is 12.5 Å². The molecule has 3 aromatic rings. The summed E-state index contributed by atoms with van der Waals surface area (Å²) >= 11 is 0. The summed E-state index contributed by atoms with van der Waals surface area (Å²) in [4.78, 5) is 15.3. The Hall–Kier alpha value is -3.95. The van der Waals surface area contributed by atoms with Crippen molar-refractivity contribution < 1.29 is 38.0 Å². The van der Waals surface area contributed by atoms with E-state index >= 15 is 0 Å². The minimum absolute atomic E-state index is 0.0557. The van der Waals surface area contributed by atoms with Crippen LogP contribution in [0, 0.1) is 0 Å². The minimum Gasteiger partial charge on any atom is -0.493 e. The number of carbonyl (C=O) groups excluding carboxylic acids is 1. The van der Waals surface area contributed by atoms with E-state index in [9.17, 15) is 4.79 Å². The average Bonchev–Trinajstić information content (AvgIpc) is 2.96. The third-order valence-electron chi connectivity index (χ3n) is 6.67. The van der Waals surface area contributed by atoms with E-state index in [1.54, 1.807) is 24.1 Å². The number of hydrogen-bond acceptors (Lipinski definition) is 8. The molecule has 9 heteroatoms. The van der Waals surface area contributed by atoms with Crippen molar-refractivity contribution in [1.29, 1.82) is 0 Å². The molecule has 1 aliphatic heterocycles. The van der Waals surface area contributed by atoms with Gasteiger partial charge in [-0.15, -0.1) is 0 Å². The third kappa shape index (κ3) is 4.70. The van der Waals surface area contributed by atoms with Crippen LogP contribution < -0.4 is 28.6 Å². The number of hydrogen-bond donors (Lipinski definition) is 0. The Morgan fingerprint density at radius 1 is 0.763 bits per heavy atom. The van der Waals surface area contributed by atoms with Crippen LogP contribution in [0.3, 0.4) is 0 Å². The molecule has 4 rings (SSSR count). The number of β-lactam (4-membered cyclic amide) rings is 1. The predicted octanol–water partition coefficient (Wildman–Crippen LogP) is 4.42. The monoisotopic (exact) mass is 523 g/mol. The highest BCUT2D eigenvalue weighted by Gasteiger charge is 2.63. The van der Waals surface area contributed by atoms with Gasteiger partial charge in [0, 0.05) is 26.4 Å². The van der Waals surface area contributed by atoms with Gasteiger partial charge in [0.1, 0.15) is 12.6 Å². The highest BCUT2D eigenvalue weighted by atomic mass is 16.5. The summed E-state index contributed by atoms with van der Waals surface area (Å²) in [5, 5.41) is 0. The molecule has 0 N–H and O–H groups in total. The molecule has 3 aromatic carbocycles. The molecule has 1 fully saturated rings. The van der Waals surface area contributed by atoms with Gasteiger partial charge in [0.05, 0.1) is 40.7 Å². The van der Waals surface area contributed by atoms with Gasteiger partial charge in [-0.2, -0.15) is 0 Å². The molecule has 1 amide bonds. The standard InChI is InChI=1S/C29H33NO8/c1-32-18-29(37-6)27(30(28(29)31)21-15-24(34-3)26(36-5)25(16-21)35-4)20-12-13-22(33-2)23(14-20)38-17-19-10-8-7-9-11-19/h7-16,27H,17-18H2,1-6H3/t27-,29-/m0/s1. The number of benzene rings is 3. The minimum atomic E-state index is -1.25. The molecule has 2 atom stereocenters. The maximum Gasteiger partial charge on any atom is 0.264 e. The fraction of sp³-hybridized carbons (Fsp3) is 0.345. The quantitative estimate of drug-likeness (QED) is 0.323. The predicted molar refractivity (Wildman–Crippen MR) is 142 cm³/mol. The molecular formula is C29H33NO8. The molecular weight excluding hydrogens is 490 g/mol. The topological polar surface area (TPSA) is 84.9 Å². The molecule has 0 radical (unpaired) electrons. The maximum absolute atomic E-state index is 13.7. The second-order valence-corrected chi connectivity index (χ2v) is 8.67. The Morgan fingerprint density at radius 3 is 1.97 bits per heavy atom. The SMILES string of the molecule is COC[C@@]1(OC)C(=O)N(c2cc(OC)c(OC)c(OC)c2)[C@H]1c1ccc(OC)c(OCc2ccccc2)c1. The Balaban J connectivity index is 1.79. The summed E-state index contributed by atoms with van der Waals surface area (Å²) in [7, 11) is 9.22. The van der Waals surface area contributed by atoms with Gasteiger partial charge in [-0.05, 0) is 23.3 Å². The van der Waals surface area contributed by atoms with Crippen molar-refractivity contribution >= 4 is 11.6 Å². The molecule has 1 saturated heterocycles. The Kier molecular flexibility index (Phi) is 8.29. The van der Waals surface area contributed by atoms with Crippen LogP contribution in [-0.2, 0) is 20.9 Å². The summed E-state index contributed by atoms with van der Waals surface area (Å²) in [6.07, 6.45) is 0. The molecule has 9 nitrogen and oxygen atoms in total. The lowest BCUT2D eigenvalue weighted by Gasteiger charge is -2.54. The molecule has 1 aliphatic rings. The summed E-state index contributed by atoms with van der Waals surface area (Å²) in [5.74, 6) is 2.14. The van der Waals surface area contributed by atoms with E-state index in [2.05, 4.69) is 0 Å². The van der Waals surface area contributed by atoms with Crippen molar-refractivity contribution in [3.8, 4) is 28.7 Å². The molecule has 0 bridgehead atoms. The number of carbonyl (C=O) groups is 1. The van der Waals surface area contributed by atoms with Crippen molar-refractivity contribution in [3.63, 3.8) is 0 Å². The normalized spacial score (nSPS) is 18.5. The van der Waals surface area contributed by atoms with Crippen molar-refractivity contribution in [2.75, 3.05) is 54.2 Å². The van der Waals surface area contributed by atoms with Gasteiger partial charge in [-0.3, -0.25) is 9.69 Å². The second-order valence-electron chi connectivity index (χ2n) is 8.67. The van der Waals surface area contributed by atoms with Crippen LogP contribution in [0.15, 0.2) is 60.7 Å². The highest BCUT2D eigenvalue weighted by Crippen LogP contribution is 2.52. The number of ether oxygens (including phenoxy) is 7. The fourth-order valence-corrected chi connectivity index (χ4v) is 4.80. The Labute approximate surface area is 222 Å². The molecule has 0 aromatic heterocycles. The van der Waals surface area contributed by atoms with Crippen LogP contribution in [0.1, 0.15) is 17.2 Å². The van der Waals surface area contributed by atoms with Crippen molar-refractivity contribution in [3.05, 3.63) is 71.8 Å². The molecule has 0 saturated carbocycles. The van der Waals surface area contributed by atoms with E-state index in [4.69, 9.17) is 33.2 Å². The highest BCUT2D eigenvalue weighted by molar-refractivity contribution is 6.09. The van der Waals surface area contributed by atoms with Crippen LogP contribution in [0.2, 0.25) is 0 Å². The average molecular weight is 524 g/mol. The molecule has 0 aliphatic carbocycles. The van der Waals surface area contributed by atoms with E-state index in [0.717, 1.165) is 11.1 Å². The number of anilines is 1. The second kappa shape index (κ2) is 11.6. The zero-order valence-corrected chi connectivity index (χ0v) is 22.5. The van der Waals surface area contributed by atoms with E-state index in [1.807, 2.05) is 48.5 Å². The van der Waals surface area contributed by atoms with E-state index < -0.39 is 11.6 Å². The Morgan fingerprint density at radius 2 is 1.42 bits per heavy atom. The van der Waals surface area contributed by atoms with Crippen LogP contribution in [-0.4, -0.2) is 60.8 Å². The van der Waals surface area contributed by atoms with E-state index in [1.165, 1.54) is 35.5 Å².